The number of thiophene rings is 1. The standard InChI is InChI=1S/C12H8N2O2S/c15-12(10-6-3-7-17-10)13-11-8-4-1-2-5-9(8)16-14-11/h1-7H,(H,13,14,15). The van der Waals surface area contributed by atoms with Crippen LogP contribution in [0.25, 0.3) is 11.0 Å². The molecule has 0 aliphatic carbocycles. The molecule has 17 heavy (non-hydrogen) atoms. The van der Waals surface area contributed by atoms with Gasteiger partial charge in [0.05, 0.1) is 10.3 Å². The van der Waals surface area contributed by atoms with E-state index >= 15 is 0 Å². The summed E-state index contributed by atoms with van der Waals surface area (Å²) in [4.78, 5) is 12.5. The topological polar surface area (TPSA) is 55.1 Å². The van der Waals surface area contributed by atoms with Gasteiger partial charge in [-0.15, -0.1) is 11.3 Å². The molecule has 0 saturated carbocycles. The van der Waals surface area contributed by atoms with Gasteiger partial charge < -0.3 is 9.84 Å². The first-order valence-corrected chi connectivity index (χ1v) is 5.92. The van der Waals surface area contributed by atoms with Gasteiger partial charge in [-0.05, 0) is 23.6 Å². The molecule has 0 aliphatic rings. The molecule has 1 N–H and O–H groups in total. The highest BCUT2D eigenvalue weighted by Crippen LogP contribution is 2.23. The Bertz CT molecular complexity index is 658. The van der Waals surface area contributed by atoms with Crippen LogP contribution in [0.3, 0.4) is 0 Å². The Labute approximate surface area is 101 Å². The normalized spacial score (nSPS) is 10.6. The summed E-state index contributed by atoms with van der Waals surface area (Å²) in [5.41, 5.74) is 0.661. The van der Waals surface area contributed by atoms with Gasteiger partial charge in [-0.3, -0.25) is 4.79 Å². The number of benzene rings is 1. The fourth-order valence-corrected chi connectivity index (χ4v) is 2.17. The highest BCUT2D eigenvalue weighted by Gasteiger charge is 2.12. The molecule has 1 aromatic carbocycles. The second-order valence-electron chi connectivity index (χ2n) is 3.46. The van der Waals surface area contributed by atoms with E-state index in [0.717, 1.165) is 5.39 Å². The number of anilines is 1. The number of hydrogen-bond acceptors (Lipinski definition) is 4. The zero-order valence-electron chi connectivity index (χ0n) is 8.71. The second-order valence-corrected chi connectivity index (χ2v) is 4.41. The third-order valence-electron chi connectivity index (χ3n) is 2.35. The Kier molecular flexibility index (Phi) is 2.38. The van der Waals surface area contributed by atoms with Gasteiger partial charge in [0.2, 0.25) is 0 Å². The van der Waals surface area contributed by atoms with Crippen molar-refractivity contribution in [2.24, 2.45) is 0 Å². The molecule has 5 heteroatoms. The maximum Gasteiger partial charge on any atom is 0.266 e. The zero-order valence-corrected chi connectivity index (χ0v) is 9.53. The lowest BCUT2D eigenvalue weighted by atomic mass is 10.2. The van der Waals surface area contributed by atoms with Crippen LogP contribution in [0.1, 0.15) is 9.67 Å². The summed E-state index contributed by atoms with van der Waals surface area (Å²) in [6.45, 7) is 0. The summed E-state index contributed by atoms with van der Waals surface area (Å²) < 4.78 is 5.11. The lowest BCUT2D eigenvalue weighted by molar-refractivity contribution is 0.103. The maximum absolute atomic E-state index is 11.8. The lowest BCUT2D eigenvalue weighted by Crippen LogP contribution is -2.10. The molecular formula is C12H8N2O2S. The van der Waals surface area contributed by atoms with E-state index in [9.17, 15) is 4.79 Å². The number of amides is 1. The molecule has 4 nitrogen and oxygen atoms in total. The predicted octanol–water partition coefficient (Wildman–Crippen LogP) is 3.14. The molecule has 0 spiro atoms. The van der Waals surface area contributed by atoms with E-state index in [-0.39, 0.29) is 5.91 Å². The van der Waals surface area contributed by atoms with Crippen molar-refractivity contribution in [2.75, 3.05) is 5.32 Å². The number of para-hydroxylation sites is 1. The molecule has 2 heterocycles. The summed E-state index contributed by atoms with van der Waals surface area (Å²) >= 11 is 1.39. The summed E-state index contributed by atoms with van der Waals surface area (Å²) in [6, 6.07) is 11.0. The summed E-state index contributed by atoms with van der Waals surface area (Å²) in [5.74, 6) is 0.290. The zero-order chi connectivity index (χ0) is 11.7. The lowest BCUT2D eigenvalue weighted by Gasteiger charge is -1.98. The van der Waals surface area contributed by atoms with Crippen molar-refractivity contribution in [2.45, 2.75) is 0 Å². The van der Waals surface area contributed by atoms with E-state index in [0.29, 0.717) is 16.3 Å². The van der Waals surface area contributed by atoms with Gasteiger partial charge in [-0.25, -0.2) is 0 Å². The van der Waals surface area contributed by atoms with Gasteiger partial charge in [-0.2, -0.15) is 0 Å². The second kappa shape index (κ2) is 4.03. The molecule has 0 saturated heterocycles. The average Bonchev–Trinajstić information content (AvgIpc) is 2.98. The van der Waals surface area contributed by atoms with E-state index in [1.54, 1.807) is 6.07 Å². The molecule has 0 bridgehead atoms. The van der Waals surface area contributed by atoms with Gasteiger partial charge in [-0.1, -0.05) is 23.4 Å². The molecule has 0 radical (unpaired) electrons. The number of carbonyl (C=O) groups is 1. The Balaban J connectivity index is 1.93. The molecule has 0 atom stereocenters. The van der Waals surface area contributed by atoms with Crippen LogP contribution >= 0.6 is 11.3 Å². The maximum atomic E-state index is 11.8. The van der Waals surface area contributed by atoms with E-state index in [4.69, 9.17) is 4.52 Å². The van der Waals surface area contributed by atoms with Gasteiger partial charge in [0.15, 0.2) is 11.4 Å². The van der Waals surface area contributed by atoms with Crippen molar-refractivity contribution < 1.29 is 9.32 Å². The molecule has 1 amide bonds. The van der Waals surface area contributed by atoms with Crippen molar-refractivity contribution in [3.8, 4) is 0 Å². The first-order valence-electron chi connectivity index (χ1n) is 5.04. The molecule has 84 valence electrons. The van der Waals surface area contributed by atoms with Crippen molar-refractivity contribution >= 4 is 34.0 Å². The van der Waals surface area contributed by atoms with Crippen LogP contribution in [0.2, 0.25) is 0 Å². The summed E-state index contributed by atoms with van der Waals surface area (Å²) in [5, 5.41) is 9.24. The fourth-order valence-electron chi connectivity index (χ4n) is 1.55. The van der Waals surface area contributed by atoms with E-state index in [2.05, 4.69) is 10.5 Å². The van der Waals surface area contributed by atoms with E-state index in [1.165, 1.54) is 11.3 Å². The number of hydrogen-bond donors (Lipinski definition) is 1. The Morgan fingerprint density at radius 3 is 2.94 bits per heavy atom. The van der Waals surface area contributed by atoms with Crippen LogP contribution in [0.15, 0.2) is 46.3 Å². The van der Waals surface area contributed by atoms with Gasteiger partial charge in [0, 0.05) is 0 Å². The van der Waals surface area contributed by atoms with Crippen LogP contribution in [0.4, 0.5) is 5.82 Å². The third kappa shape index (κ3) is 1.81. The number of carbonyl (C=O) groups excluding carboxylic acids is 1. The van der Waals surface area contributed by atoms with Gasteiger partial charge >= 0.3 is 0 Å². The molecular weight excluding hydrogens is 236 g/mol. The Hall–Kier alpha value is -2.14. The SMILES string of the molecule is O=C(Nc1noc2ccccc12)c1cccs1. The van der Waals surface area contributed by atoms with Gasteiger partial charge in [0.1, 0.15) is 0 Å². The Morgan fingerprint density at radius 1 is 1.24 bits per heavy atom. The molecule has 0 fully saturated rings. The molecule has 0 aliphatic heterocycles. The molecule has 3 aromatic rings. The van der Waals surface area contributed by atoms with Crippen molar-refractivity contribution in [3.63, 3.8) is 0 Å². The minimum Gasteiger partial charge on any atom is -0.354 e. The van der Waals surface area contributed by atoms with Crippen molar-refractivity contribution in [1.29, 1.82) is 0 Å². The first-order chi connectivity index (χ1) is 8.34. The molecule has 3 rings (SSSR count). The minimum atomic E-state index is -0.168. The minimum absolute atomic E-state index is 0.168. The van der Waals surface area contributed by atoms with Crippen LogP contribution in [-0.4, -0.2) is 11.1 Å². The smallest absolute Gasteiger partial charge is 0.266 e. The number of aromatic nitrogens is 1. The highest BCUT2D eigenvalue weighted by molar-refractivity contribution is 7.12. The number of fused-ring (bicyclic) bond motifs is 1. The average molecular weight is 244 g/mol. The predicted molar refractivity (Wildman–Crippen MR) is 66.3 cm³/mol. The fraction of sp³-hybridized carbons (Fsp3) is 0. The first kappa shape index (κ1) is 10.0. The molecule has 2 aromatic heterocycles. The molecule has 0 unspecified atom stereocenters. The number of rotatable bonds is 2. The van der Waals surface area contributed by atoms with Crippen molar-refractivity contribution in [3.05, 3.63) is 46.7 Å². The largest absolute Gasteiger partial charge is 0.354 e. The highest BCUT2D eigenvalue weighted by atomic mass is 32.1. The monoisotopic (exact) mass is 244 g/mol. The Morgan fingerprint density at radius 2 is 2.12 bits per heavy atom. The summed E-state index contributed by atoms with van der Waals surface area (Å²) in [7, 11) is 0. The van der Waals surface area contributed by atoms with Crippen LogP contribution in [-0.2, 0) is 0 Å². The van der Waals surface area contributed by atoms with Crippen LogP contribution < -0.4 is 5.32 Å². The number of nitrogens with zero attached hydrogens (tertiary/aromatic N) is 1. The van der Waals surface area contributed by atoms with E-state index in [1.807, 2.05) is 35.7 Å². The van der Waals surface area contributed by atoms with Crippen LogP contribution in [0, 0.1) is 0 Å². The quantitative estimate of drug-likeness (QED) is 0.753. The van der Waals surface area contributed by atoms with E-state index < -0.39 is 0 Å². The van der Waals surface area contributed by atoms with Crippen LogP contribution in [0.5, 0.6) is 0 Å². The number of nitrogens with one attached hydrogen (secondary N) is 1. The summed E-state index contributed by atoms with van der Waals surface area (Å²) in [6.07, 6.45) is 0. The van der Waals surface area contributed by atoms with Crippen molar-refractivity contribution in [1.82, 2.24) is 5.16 Å². The van der Waals surface area contributed by atoms with Gasteiger partial charge in [0.25, 0.3) is 5.91 Å². The third-order valence-corrected chi connectivity index (χ3v) is 3.22.